The molecule has 0 spiro atoms. The van der Waals surface area contributed by atoms with E-state index in [4.69, 9.17) is 22.2 Å². The van der Waals surface area contributed by atoms with Crippen molar-refractivity contribution in [3.05, 3.63) is 52.2 Å². The normalized spacial score (nSPS) is 10.8. The van der Waals surface area contributed by atoms with Gasteiger partial charge in [-0.1, -0.05) is 31.5 Å². The second kappa shape index (κ2) is 6.78. The van der Waals surface area contributed by atoms with Crippen molar-refractivity contribution in [2.24, 2.45) is 5.84 Å². The van der Waals surface area contributed by atoms with Crippen molar-refractivity contribution in [2.45, 2.75) is 33.3 Å². The average Bonchev–Trinajstić information content (AvgIpc) is 2.46. The summed E-state index contributed by atoms with van der Waals surface area (Å²) in [6, 6.07) is 9.53. The number of aromatic nitrogens is 1. The Bertz CT molecular complexity index is 629. The number of pyridine rings is 1. The van der Waals surface area contributed by atoms with Crippen LogP contribution in [0.15, 0.2) is 30.3 Å². The highest BCUT2D eigenvalue weighted by Crippen LogP contribution is 2.31. The molecule has 0 aliphatic rings. The summed E-state index contributed by atoms with van der Waals surface area (Å²) in [6.07, 6.45) is 0. The lowest BCUT2D eigenvalue weighted by Gasteiger charge is -2.14. The zero-order chi connectivity index (χ0) is 15.4. The Kier molecular flexibility index (Phi) is 5.04. The minimum absolute atomic E-state index is 0.350. The van der Waals surface area contributed by atoms with Crippen molar-refractivity contribution in [3.8, 4) is 5.75 Å². The molecule has 1 aromatic carbocycles. The van der Waals surface area contributed by atoms with Gasteiger partial charge in [-0.05, 0) is 48.2 Å². The van der Waals surface area contributed by atoms with Crippen LogP contribution in [-0.2, 0) is 6.61 Å². The molecular weight excluding hydrogens is 286 g/mol. The van der Waals surface area contributed by atoms with E-state index in [9.17, 15) is 0 Å². The molecule has 0 saturated carbocycles. The second-order valence-corrected chi connectivity index (χ2v) is 5.65. The molecule has 2 rings (SSSR count). The highest BCUT2D eigenvalue weighted by atomic mass is 35.5. The molecule has 4 nitrogen and oxygen atoms in total. The Morgan fingerprint density at radius 1 is 1.33 bits per heavy atom. The lowest BCUT2D eigenvalue weighted by Crippen LogP contribution is -2.10. The fourth-order valence-electron chi connectivity index (χ4n) is 2.06. The first kappa shape index (κ1) is 15.6. The van der Waals surface area contributed by atoms with Gasteiger partial charge in [-0.25, -0.2) is 10.8 Å². The molecule has 1 heterocycles. The molecule has 2 aromatic rings. The van der Waals surface area contributed by atoms with Crippen LogP contribution in [0.1, 0.15) is 36.6 Å². The van der Waals surface area contributed by atoms with E-state index in [2.05, 4.69) is 24.3 Å². The smallest absolute Gasteiger partial charge is 0.140 e. The number of hydrogen-bond donors (Lipinski definition) is 2. The summed E-state index contributed by atoms with van der Waals surface area (Å²) in [4.78, 5) is 4.32. The van der Waals surface area contributed by atoms with E-state index in [0.29, 0.717) is 18.3 Å². The average molecular weight is 306 g/mol. The highest BCUT2D eigenvalue weighted by molar-refractivity contribution is 6.31. The number of nitrogens with two attached hydrogens (primary N) is 1. The van der Waals surface area contributed by atoms with Crippen LogP contribution in [0.3, 0.4) is 0 Å². The van der Waals surface area contributed by atoms with Crippen molar-refractivity contribution in [2.75, 3.05) is 5.43 Å². The topological polar surface area (TPSA) is 60.2 Å². The molecular formula is C16H20ClN3O. The molecule has 1 aromatic heterocycles. The van der Waals surface area contributed by atoms with Gasteiger partial charge in [-0.2, -0.15) is 0 Å². The van der Waals surface area contributed by atoms with Crippen molar-refractivity contribution >= 4 is 17.4 Å². The lowest BCUT2D eigenvalue weighted by molar-refractivity contribution is 0.299. The zero-order valence-electron chi connectivity index (χ0n) is 12.5. The third kappa shape index (κ3) is 3.86. The lowest BCUT2D eigenvalue weighted by atomic mass is 10.0. The Balaban J connectivity index is 2.17. The van der Waals surface area contributed by atoms with Crippen molar-refractivity contribution in [1.29, 1.82) is 0 Å². The molecule has 0 aliphatic heterocycles. The van der Waals surface area contributed by atoms with Crippen LogP contribution in [0.2, 0.25) is 5.02 Å². The monoisotopic (exact) mass is 305 g/mol. The molecule has 0 amide bonds. The zero-order valence-corrected chi connectivity index (χ0v) is 13.2. The Labute approximate surface area is 130 Å². The van der Waals surface area contributed by atoms with Gasteiger partial charge in [0, 0.05) is 5.02 Å². The third-order valence-electron chi connectivity index (χ3n) is 3.25. The maximum Gasteiger partial charge on any atom is 0.140 e. The number of nitrogens with one attached hydrogen (secondary N) is 1. The number of benzene rings is 1. The Morgan fingerprint density at radius 2 is 2.10 bits per heavy atom. The van der Waals surface area contributed by atoms with Crippen LogP contribution < -0.4 is 16.0 Å². The van der Waals surface area contributed by atoms with E-state index in [1.54, 1.807) is 6.07 Å². The summed E-state index contributed by atoms with van der Waals surface area (Å²) in [5.74, 6) is 7.15. The number of halogens is 1. The summed E-state index contributed by atoms with van der Waals surface area (Å²) in [5.41, 5.74) is 5.43. The number of anilines is 1. The number of ether oxygens (including phenoxy) is 1. The number of nitrogen functional groups attached to an aromatic ring is 1. The first-order chi connectivity index (χ1) is 10.0. The molecule has 0 unspecified atom stereocenters. The summed E-state index contributed by atoms with van der Waals surface area (Å²) in [5, 5.41) is 0.780. The summed E-state index contributed by atoms with van der Waals surface area (Å²) in [7, 11) is 0. The largest absolute Gasteiger partial charge is 0.487 e. The number of nitrogens with zero attached hydrogens (tertiary/aromatic N) is 1. The van der Waals surface area contributed by atoms with E-state index in [0.717, 1.165) is 27.6 Å². The van der Waals surface area contributed by atoms with E-state index in [1.807, 2.05) is 31.2 Å². The molecule has 0 fully saturated rings. The SMILES string of the molecule is Cc1cc(Cl)c(C(C)C)cc1OCc1cccc(NN)n1. The van der Waals surface area contributed by atoms with Gasteiger partial charge in [-0.3, -0.25) is 0 Å². The predicted molar refractivity (Wildman–Crippen MR) is 86.7 cm³/mol. The molecule has 0 atom stereocenters. The number of rotatable bonds is 5. The second-order valence-electron chi connectivity index (χ2n) is 5.24. The van der Waals surface area contributed by atoms with Crippen molar-refractivity contribution in [1.82, 2.24) is 4.98 Å². The van der Waals surface area contributed by atoms with Crippen LogP contribution >= 0.6 is 11.6 Å². The van der Waals surface area contributed by atoms with E-state index < -0.39 is 0 Å². The van der Waals surface area contributed by atoms with Gasteiger partial charge in [0.15, 0.2) is 0 Å². The first-order valence-corrected chi connectivity index (χ1v) is 7.24. The maximum absolute atomic E-state index is 6.26. The quantitative estimate of drug-likeness (QED) is 0.647. The van der Waals surface area contributed by atoms with Gasteiger partial charge >= 0.3 is 0 Å². The van der Waals surface area contributed by atoms with Gasteiger partial charge in [0.2, 0.25) is 0 Å². The van der Waals surface area contributed by atoms with Crippen LogP contribution in [0.5, 0.6) is 5.75 Å². The number of hydrogen-bond acceptors (Lipinski definition) is 4. The van der Waals surface area contributed by atoms with Crippen molar-refractivity contribution < 1.29 is 4.74 Å². The Morgan fingerprint density at radius 3 is 2.76 bits per heavy atom. The minimum atomic E-state index is 0.350. The molecule has 5 heteroatoms. The van der Waals surface area contributed by atoms with Gasteiger partial charge in [0.1, 0.15) is 18.2 Å². The van der Waals surface area contributed by atoms with Gasteiger partial charge in [-0.15, -0.1) is 0 Å². The number of hydrazine groups is 1. The molecule has 112 valence electrons. The van der Waals surface area contributed by atoms with Crippen LogP contribution in [0.25, 0.3) is 0 Å². The van der Waals surface area contributed by atoms with E-state index in [1.165, 1.54) is 0 Å². The van der Waals surface area contributed by atoms with Crippen LogP contribution in [-0.4, -0.2) is 4.98 Å². The predicted octanol–water partition coefficient (Wildman–Crippen LogP) is 4.03. The minimum Gasteiger partial charge on any atom is -0.487 e. The molecule has 0 aliphatic carbocycles. The van der Waals surface area contributed by atoms with E-state index in [-0.39, 0.29) is 0 Å². The first-order valence-electron chi connectivity index (χ1n) is 6.86. The standard InChI is InChI=1S/C16H20ClN3O/c1-10(2)13-8-15(11(3)7-14(13)17)21-9-12-5-4-6-16(19-12)20-18/h4-8,10H,9,18H2,1-3H3,(H,19,20). The molecule has 0 bridgehead atoms. The molecule has 0 radical (unpaired) electrons. The Hall–Kier alpha value is -1.78. The highest BCUT2D eigenvalue weighted by Gasteiger charge is 2.10. The maximum atomic E-state index is 6.26. The van der Waals surface area contributed by atoms with Gasteiger partial charge in [0.05, 0.1) is 5.69 Å². The molecule has 21 heavy (non-hydrogen) atoms. The van der Waals surface area contributed by atoms with E-state index >= 15 is 0 Å². The fourth-order valence-corrected chi connectivity index (χ4v) is 2.49. The van der Waals surface area contributed by atoms with Gasteiger partial charge < -0.3 is 10.2 Å². The van der Waals surface area contributed by atoms with Gasteiger partial charge in [0.25, 0.3) is 0 Å². The van der Waals surface area contributed by atoms with Crippen molar-refractivity contribution in [3.63, 3.8) is 0 Å². The van der Waals surface area contributed by atoms with Crippen LogP contribution in [0, 0.1) is 6.92 Å². The summed E-state index contributed by atoms with van der Waals surface area (Å²) < 4.78 is 5.88. The molecule has 0 saturated heterocycles. The summed E-state index contributed by atoms with van der Waals surface area (Å²) in [6.45, 7) is 6.59. The van der Waals surface area contributed by atoms with Crippen LogP contribution in [0.4, 0.5) is 5.82 Å². The number of aryl methyl sites for hydroxylation is 1. The summed E-state index contributed by atoms with van der Waals surface area (Å²) >= 11 is 6.26. The molecule has 3 N–H and O–H groups in total. The fraction of sp³-hybridized carbons (Fsp3) is 0.312. The third-order valence-corrected chi connectivity index (χ3v) is 3.57.